The van der Waals surface area contributed by atoms with Gasteiger partial charge >= 0.3 is 0 Å². The van der Waals surface area contributed by atoms with Crippen LogP contribution in [0.1, 0.15) is 96.5 Å². The number of nitrogens with one attached hydrogen (secondary N) is 1. The molecule has 23 heavy (non-hydrogen) atoms. The van der Waals surface area contributed by atoms with Gasteiger partial charge in [-0.15, -0.1) is 0 Å². The van der Waals surface area contributed by atoms with Gasteiger partial charge in [-0.2, -0.15) is 0 Å². The number of rotatable bonds is 13. The summed E-state index contributed by atoms with van der Waals surface area (Å²) < 4.78 is 0. The molecule has 3 N–H and O–H groups in total. The van der Waals surface area contributed by atoms with Crippen molar-refractivity contribution in [1.29, 1.82) is 0 Å². The molecule has 0 fully saturated rings. The molecule has 0 bridgehead atoms. The highest BCUT2D eigenvalue weighted by atomic mass is 16.3. The van der Waals surface area contributed by atoms with Gasteiger partial charge in [0.2, 0.25) is 0 Å². The Balaban J connectivity index is 2.24. The van der Waals surface area contributed by atoms with Crippen molar-refractivity contribution in [2.24, 2.45) is 0 Å². The molecule has 0 radical (unpaired) electrons. The Morgan fingerprint density at radius 1 is 0.913 bits per heavy atom. The predicted octanol–water partition coefficient (Wildman–Crippen LogP) is 6.53. The summed E-state index contributed by atoms with van der Waals surface area (Å²) in [4.78, 5) is 2.56. The first kappa shape index (κ1) is 19.7. The SMILES string of the molecule is CCCCCCCCCCCC=C(CCC)c1cc(O)[nH]c1O. The molecule has 0 amide bonds. The monoisotopic (exact) mass is 321 g/mol. The zero-order valence-electron chi connectivity index (χ0n) is 15.0. The molecular formula is C20H35NO2. The summed E-state index contributed by atoms with van der Waals surface area (Å²) in [7, 11) is 0. The zero-order valence-corrected chi connectivity index (χ0v) is 15.0. The van der Waals surface area contributed by atoms with Crippen molar-refractivity contribution < 1.29 is 10.2 Å². The summed E-state index contributed by atoms with van der Waals surface area (Å²) in [5, 5.41) is 19.3. The van der Waals surface area contributed by atoms with E-state index in [4.69, 9.17) is 0 Å². The summed E-state index contributed by atoms with van der Waals surface area (Å²) in [5.74, 6) is 0.108. The van der Waals surface area contributed by atoms with Crippen molar-refractivity contribution in [3.63, 3.8) is 0 Å². The van der Waals surface area contributed by atoms with Crippen LogP contribution in [0.2, 0.25) is 0 Å². The summed E-state index contributed by atoms with van der Waals surface area (Å²) >= 11 is 0. The molecule has 0 saturated heterocycles. The quantitative estimate of drug-likeness (QED) is 0.362. The number of H-pyrrole nitrogens is 1. The highest BCUT2D eigenvalue weighted by Gasteiger charge is 2.10. The van der Waals surface area contributed by atoms with Gasteiger partial charge in [0.25, 0.3) is 0 Å². The van der Waals surface area contributed by atoms with Crippen LogP contribution in [0.25, 0.3) is 5.57 Å². The smallest absolute Gasteiger partial charge is 0.198 e. The molecule has 1 aromatic heterocycles. The third-order valence-electron chi connectivity index (χ3n) is 4.35. The van der Waals surface area contributed by atoms with Crippen molar-refractivity contribution in [3.8, 4) is 11.8 Å². The molecular weight excluding hydrogens is 286 g/mol. The Hall–Kier alpha value is -1.38. The number of unbranched alkanes of at least 4 members (excludes halogenated alkanes) is 9. The average Bonchev–Trinajstić information content (AvgIpc) is 2.86. The Morgan fingerprint density at radius 3 is 2.04 bits per heavy atom. The van der Waals surface area contributed by atoms with E-state index in [2.05, 4.69) is 24.9 Å². The molecule has 0 aliphatic rings. The topological polar surface area (TPSA) is 56.2 Å². The lowest BCUT2D eigenvalue weighted by Gasteiger charge is -2.05. The minimum Gasteiger partial charge on any atom is -0.494 e. The van der Waals surface area contributed by atoms with E-state index < -0.39 is 0 Å². The van der Waals surface area contributed by atoms with Gasteiger partial charge in [-0.3, -0.25) is 4.98 Å². The zero-order chi connectivity index (χ0) is 16.9. The summed E-state index contributed by atoms with van der Waals surface area (Å²) in [6.07, 6.45) is 17.3. The molecule has 0 aliphatic heterocycles. The second-order valence-corrected chi connectivity index (χ2v) is 6.51. The summed E-state index contributed by atoms with van der Waals surface area (Å²) in [6.45, 7) is 4.39. The van der Waals surface area contributed by atoms with Gasteiger partial charge in [0, 0.05) is 11.6 Å². The third kappa shape index (κ3) is 8.15. The number of aromatic hydroxyl groups is 2. The van der Waals surface area contributed by atoms with Crippen molar-refractivity contribution in [3.05, 3.63) is 17.7 Å². The molecule has 3 heteroatoms. The molecule has 1 heterocycles. The van der Waals surface area contributed by atoms with E-state index in [0.717, 1.165) is 30.4 Å². The highest BCUT2D eigenvalue weighted by molar-refractivity contribution is 5.70. The first-order chi connectivity index (χ1) is 11.2. The second kappa shape index (κ2) is 12.1. The fourth-order valence-corrected chi connectivity index (χ4v) is 3.02. The standard InChI is InChI=1S/C20H35NO2/c1-3-5-6-7-8-9-10-11-12-13-15-17(14-4-2)18-16-19(22)21-20(18)23/h15-16,21-23H,3-14H2,1-2H3. The molecule has 1 rings (SSSR count). The van der Waals surface area contributed by atoms with Gasteiger partial charge in [-0.25, -0.2) is 0 Å². The Kier molecular flexibility index (Phi) is 10.3. The molecule has 0 unspecified atom stereocenters. The van der Waals surface area contributed by atoms with Crippen LogP contribution in [0.15, 0.2) is 12.1 Å². The normalized spacial score (nSPS) is 12.0. The lowest BCUT2D eigenvalue weighted by atomic mass is 10.0. The second-order valence-electron chi connectivity index (χ2n) is 6.51. The van der Waals surface area contributed by atoms with Gasteiger partial charge in [0.05, 0.1) is 0 Å². The van der Waals surface area contributed by atoms with Crippen LogP contribution in [0.3, 0.4) is 0 Å². The Bertz CT molecular complexity index is 448. The van der Waals surface area contributed by atoms with Crippen LogP contribution in [-0.4, -0.2) is 15.2 Å². The summed E-state index contributed by atoms with van der Waals surface area (Å²) in [5.41, 5.74) is 1.89. The molecule has 132 valence electrons. The van der Waals surface area contributed by atoms with Gasteiger partial charge in [0.15, 0.2) is 11.8 Å². The maximum atomic E-state index is 9.83. The fraction of sp³-hybridized carbons (Fsp3) is 0.700. The van der Waals surface area contributed by atoms with Gasteiger partial charge < -0.3 is 10.2 Å². The molecule has 0 spiro atoms. The van der Waals surface area contributed by atoms with E-state index >= 15 is 0 Å². The largest absolute Gasteiger partial charge is 0.494 e. The average molecular weight is 322 g/mol. The van der Waals surface area contributed by atoms with Gasteiger partial charge in [-0.1, -0.05) is 77.7 Å². The van der Waals surface area contributed by atoms with E-state index in [1.807, 2.05) is 0 Å². The number of aromatic nitrogens is 1. The number of hydrogen-bond acceptors (Lipinski definition) is 2. The van der Waals surface area contributed by atoms with Crippen molar-refractivity contribution in [2.75, 3.05) is 0 Å². The molecule has 0 atom stereocenters. The predicted molar refractivity (Wildman–Crippen MR) is 98.9 cm³/mol. The van der Waals surface area contributed by atoms with Gasteiger partial charge in [0.1, 0.15) is 0 Å². The molecule has 0 aliphatic carbocycles. The van der Waals surface area contributed by atoms with E-state index in [9.17, 15) is 10.2 Å². The van der Waals surface area contributed by atoms with E-state index in [1.54, 1.807) is 6.07 Å². The van der Waals surface area contributed by atoms with Crippen molar-refractivity contribution >= 4 is 5.57 Å². The van der Waals surface area contributed by atoms with E-state index in [0.29, 0.717) is 0 Å². The molecule has 1 aromatic rings. The van der Waals surface area contributed by atoms with Crippen LogP contribution in [0.4, 0.5) is 0 Å². The van der Waals surface area contributed by atoms with E-state index in [-0.39, 0.29) is 11.8 Å². The van der Waals surface area contributed by atoms with Gasteiger partial charge in [-0.05, 0) is 24.8 Å². The van der Waals surface area contributed by atoms with Crippen LogP contribution < -0.4 is 0 Å². The van der Waals surface area contributed by atoms with Crippen LogP contribution in [0.5, 0.6) is 11.8 Å². The lowest BCUT2D eigenvalue weighted by molar-refractivity contribution is 0.425. The highest BCUT2D eigenvalue weighted by Crippen LogP contribution is 2.31. The first-order valence-corrected chi connectivity index (χ1v) is 9.49. The lowest BCUT2D eigenvalue weighted by Crippen LogP contribution is -1.85. The molecule has 0 aromatic carbocycles. The fourth-order valence-electron chi connectivity index (χ4n) is 3.02. The molecule has 3 nitrogen and oxygen atoms in total. The minimum atomic E-state index is 0.0302. The number of allylic oxidation sites excluding steroid dienone is 2. The number of hydrogen-bond donors (Lipinski definition) is 3. The Morgan fingerprint density at radius 2 is 1.52 bits per heavy atom. The Labute approximate surface area is 141 Å². The first-order valence-electron chi connectivity index (χ1n) is 9.49. The minimum absolute atomic E-state index is 0.0302. The van der Waals surface area contributed by atoms with Crippen LogP contribution >= 0.6 is 0 Å². The van der Waals surface area contributed by atoms with Crippen molar-refractivity contribution in [2.45, 2.75) is 90.9 Å². The van der Waals surface area contributed by atoms with Crippen LogP contribution in [0, 0.1) is 0 Å². The summed E-state index contributed by atoms with van der Waals surface area (Å²) in [6, 6.07) is 1.62. The third-order valence-corrected chi connectivity index (χ3v) is 4.35. The maximum absolute atomic E-state index is 9.83. The maximum Gasteiger partial charge on any atom is 0.198 e. The van der Waals surface area contributed by atoms with Crippen LogP contribution in [-0.2, 0) is 0 Å². The van der Waals surface area contributed by atoms with E-state index in [1.165, 1.54) is 57.8 Å². The van der Waals surface area contributed by atoms with Crippen molar-refractivity contribution in [1.82, 2.24) is 4.98 Å². The molecule has 0 saturated carbocycles. The number of aromatic amines is 1.